The first-order chi connectivity index (χ1) is 11.3. The van der Waals surface area contributed by atoms with Crippen LogP contribution in [0.15, 0.2) is 17.1 Å². The van der Waals surface area contributed by atoms with Gasteiger partial charge in [0.25, 0.3) is 5.91 Å². The van der Waals surface area contributed by atoms with Crippen LogP contribution in [0.4, 0.5) is 0 Å². The number of hydrogen-bond acceptors (Lipinski definition) is 5. The van der Waals surface area contributed by atoms with Crippen molar-refractivity contribution in [2.75, 3.05) is 6.54 Å². The van der Waals surface area contributed by atoms with Crippen LogP contribution in [-0.2, 0) is 13.0 Å². The number of hydrogen-bond donors (Lipinski definition) is 0. The third kappa shape index (κ3) is 2.64. The van der Waals surface area contributed by atoms with Gasteiger partial charge in [-0.2, -0.15) is 10.1 Å². The predicted molar refractivity (Wildman–Crippen MR) is 81.7 cm³/mol. The van der Waals surface area contributed by atoms with Crippen LogP contribution in [0.2, 0.25) is 0 Å². The lowest BCUT2D eigenvalue weighted by atomic mass is 10.0. The predicted octanol–water partition coefficient (Wildman–Crippen LogP) is 2.36. The van der Waals surface area contributed by atoms with E-state index in [1.807, 2.05) is 9.58 Å². The van der Waals surface area contributed by atoms with Gasteiger partial charge in [0.1, 0.15) is 0 Å². The van der Waals surface area contributed by atoms with Gasteiger partial charge in [0, 0.05) is 13.1 Å². The van der Waals surface area contributed by atoms with E-state index < -0.39 is 0 Å². The van der Waals surface area contributed by atoms with Gasteiger partial charge in [0.2, 0.25) is 6.39 Å². The Morgan fingerprint density at radius 1 is 1.17 bits per heavy atom. The summed E-state index contributed by atoms with van der Waals surface area (Å²) in [5, 5.41) is 8.39. The molecule has 4 rings (SSSR count). The first-order valence-corrected chi connectivity index (χ1v) is 8.46. The fraction of sp³-hybridized carbons (Fsp3) is 0.625. The molecule has 1 saturated heterocycles. The number of likely N-dealkylation sites (tertiary alicyclic amines) is 1. The average molecular weight is 315 g/mol. The molecule has 7 heteroatoms. The average Bonchev–Trinajstić information content (AvgIpc) is 3.19. The van der Waals surface area contributed by atoms with E-state index in [-0.39, 0.29) is 11.9 Å². The lowest BCUT2D eigenvalue weighted by Gasteiger charge is -2.28. The smallest absolute Gasteiger partial charge is 0.257 e. The van der Waals surface area contributed by atoms with Crippen molar-refractivity contribution in [3.05, 3.63) is 29.7 Å². The number of amides is 1. The third-order valence-electron chi connectivity index (χ3n) is 4.90. The van der Waals surface area contributed by atoms with E-state index >= 15 is 0 Å². The van der Waals surface area contributed by atoms with Crippen LogP contribution in [0.3, 0.4) is 0 Å². The zero-order chi connectivity index (χ0) is 15.6. The van der Waals surface area contributed by atoms with Gasteiger partial charge in [-0.1, -0.05) is 18.0 Å². The Balaban J connectivity index is 1.66. The summed E-state index contributed by atoms with van der Waals surface area (Å²) >= 11 is 0. The minimum absolute atomic E-state index is 0.0600. The van der Waals surface area contributed by atoms with Crippen molar-refractivity contribution in [1.82, 2.24) is 24.8 Å². The second-order valence-electron chi connectivity index (χ2n) is 6.34. The molecule has 122 valence electrons. The first-order valence-electron chi connectivity index (χ1n) is 8.46. The van der Waals surface area contributed by atoms with Gasteiger partial charge in [-0.15, -0.1) is 0 Å². The standard InChI is InChI=1S/C16H21N5O2/c22-16(12-10-18-21-9-5-3-6-13(12)21)20-8-4-1-2-7-14(20)15-17-11-23-19-15/h10-11,14H,1-9H2. The number of aromatic nitrogens is 4. The number of nitrogens with zero attached hydrogens (tertiary/aromatic N) is 5. The molecular weight excluding hydrogens is 294 g/mol. The Kier molecular flexibility index (Phi) is 3.85. The van der Waals surface area contributed by atoms with E-state index in [4.69, 9.17) is 4.52 Å². The lowest BCUT2D eigenvalue weighted by molar-refractivity contribution is 0.0668. The molecule has 4 heterocycles. The van der Waals surface area contributed by atoms with Gasteiger partial charge in [0.15, 0.2) is 5.82 Å². The SMILES string of the molecule is O=C(c1cnn2c1CCCC2)N1CCCCCC1c1ncon1. The second kappa shape index (κ2) is 6.14. The van der Waals surface area contributed by atoms with E-state index in [2.05, 4.69) is 15.2 Å². The lowest BCUT2D eigenvalue weighted by Crippen LogP contribution is -2.36. The summed E-state index contributed by atoms with van der Waals surface area (Å²) in [5.41, 5.74) is 1.83. The highest BCUT2D eigenvalue weighted by Crippen LogP contribution is 2.30. The quantitative estimate of drug-likeness (QED) is 0.850. The molecule has 2 aromatic rings. The summed E-state index contributed by atoms with van der Waals surface area (Å²) in [4.78, 5) is 19.3. The Morgan fingerprint density at radius 2 is 2.09 bits per heavy atom. The number of carbonyl (C=O) groups is 1. The van der Waals surface area contributed by atoms with Crippen LogP contribution in [0, 0.1) is 0 Å². The topological polar surface area (TPSA) is 77.0 Å². The summed E-state index contributed by atoms with van der Waals surface area (Å²) in [6, 6.07) is -0.0945. The number of rotatable bonds is 2. The van der Waals surface area contributed by atoms with Crippen molar-refractivity contribution in [3.8, 4) is 0 Å². The van der Waals surface area contributed by atoms with Crippen molar-refractivity contribution in [3.63, 3.8) is 0 Å². The maximum Gasteiger partial charge on any atom is 0.257 e. The summed E-state index contributed by atoms with van der Waals surface area (Å²) in [5.74, 6) is 0.672. The molecule has 23 heavy (non-hydrogen) atoms. The molecule has 1 amide bonds. The molecule has 7 nitrogen and oxygen atoms in total. The van der Waals surface area contributed by atoms with Gasteiger partial charge in [-0.3, -0.25) is 9.48 Å². The fourth-order valence-corrected chi connectivity index (χ4v) is 3.70. The molecule has 1 fully saturated rings. The molecule has 2 aliphatic heterocycles. The fourth-order valence-electron chi connectivity index (χ4n) is 3.70. The van der Waals surface area contributed by atoms with Gasteiger partial charge < -0.3 is 9.42 Å². The van der Waals surface area contributed by atoms with E-state index in [0.717, 1.165) is 69.3 Å². The normalized spacial score (nSPS) is 21.7. The molecule has 0 aromatic carbocycles. The van der Waals surface area contributed by atoms with Gasteiger partial charge in [-0.05, 0) is 32.1 Å². The number of fused-ring (bicyclic) bond motifs is 1. The monoisotopic (exact) mass is 315 g/mol. The Bertz CT molecular complexity index is 679. The van der Waals surface area contributed by atoms with Crippen LogP contribution >= 0.6 is 0 Å². The van der Waals surface area contributed by atoms with Crippen molar-refractivity contribution < 1.29 is 9.32 Å². The van der Waals surface area contributed by atoms with Crippen molar-refractivity contribution >= 4 is 5.91 Å². The highest BCUT2D eigenvalue weighted by molar-refractivity contribution is 5.95. The Hall–Kier alpha value is -2.18. The second-order valence-corrected chi connectivity index (χ2v) is 6.34. The van der Waals surface area contributed by atoms with Gasteiger partial charge in [0.05, 0.1) is 23.5 Å². The van der Waals surface area contributed by atoms with Crippen molar-refractivity contribution in [1.29, 1.82) is 0 Å². The molecular formula is C16H21N5O2. The van der Waals surface area contributed by atoms with Crippen molar-refractivity contribution in [2.45, 2.75) is 57.5 Å². The van der Waals surface area contributed by atoms with Crippen LogP contribution in [-0.4, -0.2) is 37.3 Å². The molecule has 0 radical (unpaired) electrons. The third-order valence-corrected chi connectivity index (χ3v) is 4.90. The molecule has 0 N–H and O–H groups in total. The molecule has 2 aliphatic rings. The summed E-state index contributed by atoms with van der Waals surface area (Å²) < 4.78 is 6.89. The molecule has 0 saturated carbocycles. The molecule has 1 unspecified atom stereocenters. The van der Waals surface area contributed by atoms with Gasteiger partial charge >= 0.3 is 0 Å². The molecule has 1 atom stereocenters. The maximum absolute atomic E-state index is 13.2. The molecule has 0 bridgehead atoms. The molecule has 2 aromatic heterocycles. The largest absolute Gasteiger partial charge is 0.343 e. The van der Waals surface area contributed by atoms with E-state index in [0.29, 0.717) is 5.82 Å². The molecule has 0 spiro atoms. The Labute approximate surface area is 134 Å². The minimum atomic E-state index is -0.0945. The Morgan fingerprint density at radius 3 is 2.96 bits per heavy atom. The van der Waals surface area contributed by atoms with Crippen molar-refractivity contribution in [2.24, 2.45) is 0 Å². The van der Waals surface area contributed by atoms with Crippen LogP contribution in [0.25, 0.3) is 0 Å². The maximum atomic E-state index is 13.2. The van der Waals surface area contributed by atoms with Crippen LogP contribution in [0.5, 0.6) is 0 Å². The minimum Gasteiger partial charge on any atom is -0.343 e. The zero-order valence-corrected chi connectivity index (χ0v) is 13.1. The summed E-state index contributed by atoms with van der Waals surface area (Å²) in [6.07, 6.45) is 10.4. The van der Waals surface area contributed by atoms with Crippen LogP contribution in [0.1, 0.15) is 66.4 Å². The molecule has 0 aliphatic carbocycles. The highest BCUT2D eigenvalue weighted by atomic mass is 16.5. The van der Waals surface area contributed by atoms with Crippen LogP contribution < -0.4 is 0 Å². The van der Waals surface area contributed by atoms with Gasteiger partial charge in [-0.25, -0.2) is 0 Å². The van der Waals surface area contributed by atoms with E-state index in [1.165, 1.54) is 6.39 Å². The first kappa shape index (κ1) is 14.4. The van der Waals surface area contributed by atoms with E-state index in [1.54, 1.807) is 6.20 Å². The number of carbonyl (C=O) groups excluding carboxylic acids is 1. The van der Waals surface area contributed by atoms with E-state index in [9.17, 15) is 4.79 Å². The summed E-state index contributed by atoms with van der Waals surface area (Å²) in [6.45, 7) is 1.65. The zero-order valence-electron chi connectivity index (χ0n) is 13.1. The number of aryl methyl sites for hydroxylation is 1. The highest BCUT2D eigenvalue weighted by Gasteiger charge is 2.32. The summed E-state index contributed by atoms with van der Waals surface area (Å²) in [7, 11) is 0.